The number of fused-ring (bicyclic) bond motifs is 2. The molecule has 1 aliphatic carbocycles. The molecular weight excluding hydrogens is 254 g/mol. The normalized spacial score (nSPS) is 39.1. The van der Waals surface area contributed by atoms with Crippen molar-refractivity contribution in [3.8, 4) is 0 Å². The number of benzene rings is 1. The smallest absolute Gasteiger partial charge is 0.226 e. The van der Waals surface area contributed by atoms with Gasteiger partial charge in [0.1, 0.15) is 0 Å². The first kappa shape index (κ1) is 12.4. The van der Waals surface area contributed by atoms with E-state index in [0.717, 1.165) is 12.0 Å². The average molecular weight is 273 g/mol. The monoisotopic (exact) mass is 273 g/mol. The Kier molecular flexibility index (Phi) is 2.66. The molecule has 3 aliphatic heterocycles. The number of likely N-dealkylation sites (tertiary alicyclic amines) is 1. The third-order valence-electron chi connectivity index (χ3n) is 5.13. The second kappa shape index (κ2) is 4.30. The number of hydrogen-bond donors (Lipinski definition) is 1. The van der Waals surface area contributed by atoms with Crippen LogP contribution >= 0.6 is 0 Å². The summed E-state index contributed by atoms with van der Waals surface area (Å²) >= 11 is 0. The Morgan fingerprint density at radius 1 is 1.35 bits per heavy atom. The van der Waals surface area contributed by atoms with Crippen molar-refractivity contribution in [2.45, 2.75) is 37.6 Å². The van der Waals surface area contributed by atoms with E-state index in [0.29, 0.717) is 26.0 Å². The first-order valence-electron chi connectivity index (χ1n) is 7.37. The highest BCUT2D eigenvalue weighted by Crippen LogP contribution is 2.48. The molecule has 1 aromatic rings. The van der Waals surface area contributed by atoms with Crippen molar-refractivity contribution >= 4 is 5.91 Å². The van der Waals surface area contributed by atoms with Crippen LogP contribution in [0.5, 0.6) is 0 Å². The van der Waals surface area contributed by atoms with E-state index < -0.39 is 5.79 Å². The Balaban J connectivity index is 1.63. The van der Waals surface area contributed by atoms with Gasteiger partial charge in [0.15, 0.2) is 5.79 Å². The van der Waals surface area contributed by atoms with Crippen LogP contribution in [0.3, 0.4) is 0 Å². The lowest BCUT2D eigenvalue weighted by Gasteiger charge is -2.39. The van der Waals surface area contributed by atoms with Gasteiger partial charge in [0, 0.05) is 37.3 Å². The third kappa shape index (κ3) is 1.79. The van der Waals surface area contributed by atoms with Crippen LogP contribution < -0.4 is 0 Å². The molecule has 3 heterocycles. The van der Waals surface area contributed by atoms with Crippen LogP contribution in [-0.4, -0.2) is 34.3 Å². The maximum absolute atomic E-state index is 12.6. The SMILES string of the molecule is O=C1[C@H]2CC[C@@]3(O)C[C@H]([C@@H]2CO3)N1Cc1ccccc1. The molecule has 4 bridgehead atoms. The number of ether oxygens (including phenoxy) is 1. The molecule has 4 atom stereocenters. The summed E-state index contributed by atoms with van der Waals surface area (Å²) in [5, 5.41) is 10.4. The highest BCUT2D eigenvalue weighted by Gasteiger charge is 2.57. The highest BCUT2D eigenvalue weighted by atomic mass is 16.6. The van der Waals surface area contributed by atoms with Gasteiger partial charge in [-0.3, -0.25) is 4.79 Å². The van der Waals surface area contributed by atoms with E-state index in [1.165, 1.54) is 0 Å². The Labute approximate surface area is 118 Å². The van der Waals surface area contributed by atoms with Gasteiger partial charge in [-0.05, 0) is 12.0 Å². The predicted molar refractivity (Wildman–Crippen MR) is 72.5 cm³/mol. The number of carbonyl (C=O) groups is 1. The number of nitrogens with zero attached hydrogens (tertiary/aromatic N) is 1. The van der Waals surface area contributed by atoms with Gasteiger partial charge < -0.3 is 14.7 Å². The lowest BCUT2D eigenvalue weighted by Crippen LogP contribution is -2.48. The first-order chi connectivity index (χ1) is 9.66. The van der Waals surface area contributed by atoms with E-state index >= 15 is 0 Å². The van der Waals surface area contributed by atoms with Crippen molar-refractivity contribution in [2.75, 3.05) is 6.61 Å². The van der Waals surface area contributed by atoms with Crippen molar-refractivity contribution in [3.63, 3.8) is 0 Å². The summed E-state index contributed by atoms with van der Waals surface area (Å²) in [5.41, 5.74) is 1.15. The Morgan fingerprint density at radius 3 is 2.95 bits per heavy atom. The zero-order chi connectivity index (χ0) is 13.7. The molecule has 4 heteroatoms. The molecule has 4 nitrogen and oxygen atoms in total. The van der Waals surface area contributed by atoms with Gasteiger partial charge in [-0.2, -0.15) is 0 Å². The van der Waals surface area contributed by atoms with Crippen molar-refractivity contribution in [1.82, 2.24) is 4.90 Å². The average Bonchev–Trinajstić information content (AvgIpc) is 2.60. The minimum Gasteiger partial charge on any atom is -0.365 e. The number of carbonyl (C=O) groups excluding carboxylic acids is 1. The number of hydrogen-bond acceptors (Lipinski definition) is 3. The molecule has 3 saturated heterocycles. The molecule has 106 valence electrons. The maximum Gasteiger partial charge on any atom is 0.226 e. The minimum atomic E-state index is -1.01. The quantitative estimate of drug-likeness (QED) is 0.889. The fourth-order valence-electron chi connectivity index (χ4n) is 4.05. The van der Waals surface area contributed by atoms with Gasteiger partial charge in [-0.25, -0.2) is 0 Å². The molecule has 1 N–H and O–H groups in total. The lowest BCUT2D eigenvalue weighted by atomic mass is 9.89. The van der Waals surface area contributed by atoms with E-state index in [1.54, 1.807) is 0 Å². The van der Waals surface area contributed by atoms with E-state index in [1.807, 2.05) is 35.2 Å². The summed E-state index contributed by atoms with van der Waals surface area (Å²) in [5.74, 6) is -0.462. The van der Waals surface area contributed by atoms with Crippen LogP contribution in [0.4, 0.5) is 0 Å². The third-order valence-corrected chi connectivity index (χ3v) is 5.13. The fourth-order valence-corrected chi connectivity index (χ4v) is 4.05. The zero-order valence-corrected chi connectivity index (χ0v) is 11.4. The minimum absolute atomic E-state index is 0.0419. The van der Waals surface area contributed by atoms with Crippen LogP contribution in [0.25, 0.3) is 0 Å². The van der Waals surface area contributed by atoms with Crippen LogP contribution in [0.2, 0.25) is 0 Å². The van der Waals surface area contributed by atoms with Crippen LogP contribution in [0, 0.1) is 11.8 Å². The second-order valence-electron chi connectivity index (χ2n) is 6.29. The molecule has 1 saturated carbocycles. The molecule has 20 heavy (non-hydrogen) atoms. The van der Waals surface area contributed by atoms with Crippen molar-refractivity contribution in [1.29, 1.82) is 0 Å². The molecule has 5 rings (SSSR count). The maximum atomic E-state index is 12.6. The summed E-state index contributed by atoms with van der Waals surface area (Å²) in [7, 11) is 0. The number of amides is 1. The van der Waals surface area contributed by atoms with Gasteiger partial charge in [0.25, 0.3) is 0 Å². The largest absolute Gasteiger partial charge is 0.365 e. The lowest BCUT2D eigenvalue weighted by molar-refractivity contribution is -0.240. The van der Waals surface area contributed by atoms with Gasteiger partial charge in [-0.15, -0.1) is 0 Å². The Bertz CT molecular complexity index is 532. The molecular formula is C16H19NO3. The second-order valence-corrected chi connectivity index (χ2v) is 6.29. The van der Waals surface area contributed by atoms with Crippen LogP contribution in [-0.2, 0) is 16.1 Å². The molecule has 4 aliphatic rings. The summed E-state index contributed by atoms with van der Waals surface area (Å²) in [6.07, 6.45) is 1.91. The molecule has 1 amide bonds. The molecule has 0 aromatic heterocycles. The number of rotatable bonds is 2. The van der Waals surface area contributed by atoms with E-state index in [-0.39, 0.29) is 23.8 Å². The van der Waals surface area contributed by atoms with Crippen LogP contribution in [0.1, 0.15) is 24.8 Å². The van der Waals surface area contributed by atoms with Crippen LogP contribution in [0.15, 0.2) is 30.3 Å². The molecule has 1 aromatic carbocycles. The van der Waals surface area contributed by atoms with Gasteiger partial charge in [0.05, 0.1) is 6.61 Å². The molecule has 4 fully saturated rings. The standard InChI is InChI=1S/C16H19NO3/c18-15-12-6-7-16(19)8-14(13(12)10-20-16)17(15)9-11-4-2-1-3-5-11/h1-5,12-14,19H,6-10H2/t12-,13+,14+,16-/m0/s1. The zero-order valence-electron chi connectivity index (χ0n) is 11.4. The predicted octanol–water partition coefficient (Wildman–Crippen LogP) is 1.53. The van der Waals surface area contributed by atoms with Gasteiger partial charge >= 0.3 is 0 Å². The molecule has 0 unspecified atom stereocenters. The number of aliphatic hydroxyl groups is 1. The summed E-state index contributed by atoms with van der Waals surface area (Å²) < 4.78 is 5.59. The first-order valence-corrected chi connectivity index (χ1v) is 7.37. The Hall–Kier alpha value is -1.39. The van der Waals surface area contributed by atoms with Gasteiger partial charge in [0.2, 0.25) is 5.91 Å². The summed E-state index contributed by atoms with van der Waals surface area (Å²) in [6, 6.07) is 10.2. The molecule has 0 radical (unpaired) electrons. The Morgan fingerprint density at radius 2 is 2.15 bits per heavy atom. The fraction of sp³-hybridized carbons (Fsp3) is 0.562. The highest BCUT2D eigenvalue weighted by molar-refractivity contribution is 5.82. The molecule has 0 spiro atoms. The van der Waals surface area contributed by atoms with Gasteiger partial charge in [-0.1, -0.05) is 30.3 Å². The van der Waals surface area contributed by atoms with E-state index in [2.05, 4.69) is 0 Å². The summed E-state index contributed by atoms with van der Waals surface area (Å²) in [6.45, 7) is 1.16. The van der Waals surface area contributed by atoms with Crippen molar-refractivity contribution in [2.24, 2.45) is 11.8 Å². The van der Waals surface area contributed by atoms with E-state index in [9.17, 15) is 9.90 Å². The summed E-state index contributed by atoms with van der Waals surface area (Å²) in [4.78, 5) is 14.6. The van der Waals surface area contributed by atoms with Crippen molar-refractivity contribution < 1.29 is 14.6 Å². The van der Waals surface area contributed by atoms with Crippen molar-refractivity contribution in [3.05, 3.63) is 35.9 Å². The topological polar surface area (TPSA) is 49.8 Å². The van der Waals surface area contributed by atoms with E-state index in [4.69, 9.17) is 4.74 Å².